The normalized spacial score (nSPS) is 16.9. The van der Waals surface area contributed by atoms with E-state index in [1.54, 1.807) is 17.0 Å². The molecule has 1 fully saturated rings. The van der Waals surface area contributed by atoms with E-state index in [1.165, 1.54) is 0 Å². The maximum Gasteiger partial charge on any atom is 0.339 e. The van der Waals surface area contributed by atoms with Crippen molar-refractivity contribution in [2.75, 3.05) is 24.7 Å². The maximum atomic E-state index is 13.1. The second-order valence-electron chi connectivity index (χ2n) is 8.66. The van der Waals surface area contributed by atoms with Gasteiger partial charge in [0.1, 0.15) is 0 Å². The van der Waals surface area contributed by atoms with Crippen molar-refractivity contribution in [1.29, 1.82) is 0 Å². The zero-order valence-electron chi connectivity index (χ0n) is 19.4. The van der Waals surface area contributed by atoms with Crippen LogP contribution in [0.5, 0.6) is 0 Å². The Hall–Kier alpha value is -3.26. The highest BCUT2D eigenvalue weighted by molar-refractivity contribution is 7.91. The van der Waals surface area contributed by atoms with Gasteiger partial charge >= 0.3 is 5.97 Å². The number of carbonyl (C=O) groups is 2. The molecule has 0 unspecified atom stereocenters. The first kappa shape index (κ1) is 23.9. The van der Waals surface area contributed by atoms with E-state index in [4.69, 9.17) is 9.72 Å². The molecule has 178 valence electrons. The van der Waals surface area contributed by atoms with E-state index in [0.717, 1.165) is 11.1 Å². The predicted octanol–water partition coefficient (Wildman–Crippen LogP) is 3.79. The van der Waals surface area contributed by atoms with Crippen LogP contribution in [0.1, 0.15) is 35.7 Å². The first-order chi connectivity index (χ1) is 16.3. The van der Waals surface area contributed by atoms with Crippen molar-refractivity contribution in [3.63, 3.8) is 0 Å². The van der Waals surface area contributed by atoms with Crippen LogP contribution in [0.3, 0.4) is 0 Å². The highest BCUT2D eigenvalue weighted by atomic mass is 32.2. The maximum absolute atomic E-state index is 13.1. The Kier molecular flexibility index (Phi) is 6.97. The molecule has 2 heterocycles. The number of fused-ring (bicyclic) bond motifs is 1. The van der Waals surface area contributed by atoms with E-state index >= 15 is 0 Å². The molecule has 1 saturated heterocycles. The first-order valence-electron chi connectivity index (χ1n) is 11.4. The summed E-state index contributed by atoms with van der Waals surface area (Å²) in [5.74, 6) is -0.956. The van der Waals surface area contributed by atoms with Crippen molar-refractivity contribution in [3.05, 3.63) is 65.7 Å². The van der Waals surface area contributed by atoms with Crippen LogP contribution in [0.2, 0.25) is 0 Å². The van der Waals surface area contributed by atoms with Gasteiger partial charge in [0.05, 0.1) is 28.3 Å². The molecule has 7 nitrogen and oxygen atoms in total. The molecule has 1 amide bonds. The lowest BCUT2D eigenvalue weighted by atomic mass is 10.0. The van der Waals surface area contributed by atoms with Crippen molar-refractivity contribution in [2.45, 2.75) is 32.7 Å². The van der Waals surface area contributed by atoms with Gasteiger partial charge in [-0.25, -0.2) is 18.2 Å². The van der Waals surface area contributed by atoms with Gasteiger partial charge in [-0.05, 0) is 31.9 Å². The summed E-state index contributed by atoms with van der Waals surface area (Å²) >= 11 is 0. The van der Waals surface area contributed by atoms with Crippen LogP contribution in [0.4, 0.5) is 0 Å². The number of rotatable bonds is 7. The average Bonchev–Trinajstić information content (AvgIpc) is 3.19. The number of sulfone groups is 1. The molecular weight excluding hydrogens is 452 g/mol. The number of pyridine rings is 1. The number of nitrogens with zero attached hydrogens (tertiary/aromatic N) is 2. The van der Waals surface area contributed by atoms with Gasteiger partial charge in [-0.15, -0.1) is 0 Å². The van der Waals surface area contributed by atoms with Crippen LogP contribution in [-0.2, 0) is 19.4 Å². The van der Waals surface area contributed by atoms with E-state index in [1.807, 2.05) is 56.3 Å². The molecule has 0 radical (unpaired) electrons. The van der Waals surface area contributed by atoms with E-state index in [9.17, 15) is 18.0 Å². The number of amides is 1. The third-order valence-corrected chi connectivity index (χ3v) is 7.79. The Balaban J connectivity index is 1.56. The minimum atomic E-state index is -3.13. The third-order valence-electron chi connectivity index (χ3n) is 6.04. The molecule has 1 aliphatic rings. The monoisotopic (exact) mass is 480 g/mol. The van der Waals surface area contributed by atoms with E-state index in [0.29, 0.717) is 41.5 Å². The number of aryl methyl sites for hydroxylation is 1. The lowest BCUT2D eigenvalue weighted by Gasteiger charge is -2.27. The molecule has 2 aromatic carbocycles. The molecule has 0 bridgehead atoms. The smallest absolute Gasteiger partial charge is 0.339 e. The van der Waals surface area contributed by atoms with Gasteiger partial charge in [-0.3, -0.25) is 4.79 Å². The Bertz CT molecular complexity index is 1320. The molecule has 8 heteroatoms. The Morgan fingerprint density at radius 3 is 2.53 bits per heavy atom. The van der Waals surface area contributed by atoms with Gasteiger partial charge in [0, 0.05) is 23.5 Å². The fourth-order valence-corrected chi connectivity index (χ4v) is 6.01. The molecule has 0 aliphatic carbocycles. The van der Waals surface area contributed by atoms with Crippen LogP contribution >= 0.6 is 0 Å². The highest BCUT2D eigenvalue weighted by Gasteiger charge is 2.34. The van der Waals surface area contributed by atoms with Crippen molar-refractivity contribution < 1.29 is 22.7 Å². The molecule has 3 aromatic rings. The number of aromatic nitrogens is 1. The fraction of sp³-hybridized carbons (Fsp3) is 0.346. The van der Waals surface area contributed by atoms with Crippen LogP contribution in [-0.4, -0.2) is 60.9 Å². The topological polar surface area (TPSA) is 93.6 Å². The number of ether oxygens (including phenoxy) is 1. The number of para-hydroxylation sites is 1. The Labute approximate surface area is 199 Å². The standard InChI is InChI=1S/C26H28N2O5S/c1-3-13-28(20-12-14-34(31,32)17-20)25(29)16-33-26(30)22-15-24(19-10-8-18(2)9-11-19)27-23-7-5-4-6-21(22)23/h4-11,15,20H,3,12-14,16-17H2,1-2H3/t20-/m0/s1. The molecule has 34 heavy (non-hydrogen) atoms. The van der Waals surface area contributed by atoms with Crippen molar-refractivity contribution >= 4 is 32.6 Å². The largest absolute Gasteiger partial charge is 0.452 e. The molecular formula is C26H28N2O5S. The fourth-order valence-electron chi connectivity index (χ4n) is 4.28. The summed E-state index contributed by atoms with van der Waals surface area (Å²) in [5, 5.41) is 0.642. The number of benzene rings is 2. The second kappa shape index (κ2) is 9.93. The van der Waals surface area contributed by atoms with Crippen LogP contribution in [0.25, 0.3) is 22.2 Å². The average molecular weight is 481 g/mol. The molecule has 0 spiro atoms. The summed E-state index contributed by atoms with van der Waals surface area (Å²) in [6.45, 7) is 3.91. The molecule has 4 rings (SSSR count). The van der Waals surface area contributed by atoms with E-state index in [-0.39, 0.29) is 23.5 Å². The van der Waals surface area contributed by atoms with Crippen LogP contribution < -0.4 is 0 Å². The molecule has 0 N–H and O–H groups in total. The highest BCUT2D eigenvalue weighted by Crippen LogP contribution is 2.26. The van der Waals surface area contributed by atoms with Gasteiger partial charge in [0.25, 0.3) is 5.91 Å². The summed E-state index contributed by atoms with van der Waals surface area (Å²) in [4.78, 5) is 32.2. The van der Waals surface area contributed by atoms with Crippen molar-refractivity contribution in [3.8, 4) is 11.3 Å². The number of carbonyl (C=O) groups excluding carboxylic acids is 2. The Morgan fingerprint density at radius 1 is 1.12 bits per heavy atom. The molecule has 0 saturated carbocycles. The number of esters is 1. The Morgan fingerprint density at radius 2 is 1.85 bits per heavy atom. The van der Waals surface area contributed by atoms with E-state index < -0.39 is 22.4 Å². The molecule has 1 aromatic heterocycles. The van der Waals surface area contributed by atoms with Gasteiger partial charge in [0.15, 0.2) is 16.4 Å². The number of hydrogen-bond donors (Lipinski definition) is 0. The van der Waals surface area contributed by atoms with Crippen molar-refractivity contribution in [2.24, 2.45) is 0 Å². The number of hydrogen-bond acceptors (Lipinski definition) is 6. The van der Waals surface area contributed by atoms with Crippen LogP contribution in [0.15, 0.2) is 54.6 Å². The van der Waals surface area contributed by atoms with Crippen molar-refractivity contribution in [1.82, 2.24) is 9.88 Å². The van der Waals surface area contributed by atoms with Gasteiger partial charge in [-0.1, -0.05) is 55.0 Å². The van der Waals surface area contributed by atoms with E-state index in [2.05, 4.69) is 0 Å². The van der Waals surface area contributed by atoms with Gasteiger partial charge in [0.2, 0.25) is 0 Å². The quantitative estimate of drug-likeness (QED) is 0.478. The third kappa shape index (κ3) is 5.28. The lowest BCUT2D eigenvalue weighted by Crippen LogP contribution is -2.43. The predicted molar refractivity (Wildman–Crippen MR) is 131 cm³/mol. The summed E-state index contributed by atoms with van der Waals surface area (Å²) in [6, 6.07) is 16.5. The minimum Gasteiger partial charge on any atom is -0.452 e. The zero-order valence-corrected chi connectivity index (χ0v) is 20.2. The first-order valence-corrected chi connectivity index (χ1v) is 13.2. The zero-order chi connectivity index (χ0) is 24.3. The minimum absolute atomic E-state index is 0.0401. The summed E-state index contributed by atoms with van der Waals surface area (Å²) < 4.78 is 29.2. The summed E-state index contributed by atoms with van der Waals surface area (Å²) in [5.41, 5.74) is 3.62. The molecule has 1 aliphatic heterocycles. The van der Waals surface area contributed by atoms with Gasteiger partial charge in [-0.2, -0.15) is 0 Å². The molecule has 1 atom stereocenters. The second-order valence-corrected chi connectivity index (χ2v) is 10.9. The summed E-state index contributed by atoms with van der Waals surface area (Å²) in [7, 11) is -3.13. The van der Waals surface area contributed by atoms with Crippen LogP contribution in [0, 0.1) is 6.92 Å². The lowest BCUT2D eigenvalue weighted by molar-refractivity contribution is -0.136. The SMILES string of the molecule is CCCN(C(=O)COC(=O)c1cc(-c2ccc(C)cc2)nc2ccccc12)[C@H]1CCS(=O)(=O)C1. The van der Waals surface area contributed by atoms with Gasteiger partial charge < -0.3 is 9.64 Å². The summed E-state index contributed by atoms with van der Waals surface area (Å²) in [6.07, 6.45) is 1.10.